The van der Waals surface area contributed by atoms with E-state index in [1.807, 2.05) is 6.07 Å². The van der Waals surface area contributed by atoms with Gasteiger partial charge in [0, 0.05) is 18.8 Å². The van der Waals surface area contributed by atoms with Crippen LogP contribution in [0.1, 0.15) is 38.3 Å². The van der Waals surface area contributed by atoms with Crippen molar-refractivity contribution in [3.05, 3.63) is 52.0 Å². The predicted molar refractivity (Wildman–Crippen MR) is 155 cm³/mol. The number of carbonyl (C=O) groups excluding carboxylic acids is 2. The number of sulfone groups is 1. The molecule has 2 N–H and O–H groups in total. The Morgan fingerprint density at radius 3 is 2.42 bits per heavy atom. The van der Waals surface area contributed by atoms with Crippen molar-refractivity contribution in [3.8, 4) is 11.8 Å². The lowest BCUT2D eigenvalue weighted by atomic mass is 9.82. The largest absolute Gasteiger partial charge is 0.481 e. The number of aromatic nitrogens is 1. The molecule has 1 aliphatic carbocycles. The summed E-state index contributed by atoms with van der Waals surface area (Å²) < 4.78 is 86.2. The molecule has 0 bridgehead atoms. The maximum atomic E-state index is 15.0. The smallest absolute Gasteiger partial charge is 0.425 e. The van der Waals surface area contributed by atoms with Gasteiger partial charge in [0.15, 0.2) is 15.9 Å². The third kappa shape index (κ3) is 6.53. The van der Waals surface area contributed by atoms with Gasteiger partial charge in [-0.1, -0.05) is 23.2 Å². The molecule has 0 spiro atoms. The van der Waals surface area contributed by atoms with Crippen molar-refractivity contribution in [1.29, 1.82) is 5.26 Å². The summed E-state index contributed by atoms with van der Waals surface area (Å²) in [6.45, 7) is 0.578. The predicted octanol–water partition coefficient (Wildman–Crippen LogP) is 4.08. The summed E-state index contributed by atoms with van der Waals surface area (Å²) in [6.07, 6.45) is -5.26. The number of benzene rings is 1. The number of amides is 2. The Kier molecular flexibility index (Phi) is 9.61. The number of ether oxygens (including phenoxy) is 1. The summed E-state index contributed by atoms with van der Waals surface area (Å²) in [5, 5.41) is 13.1. The third-order valence-electron chi connectivity index (χ3n) is 8.08. The molecule has 2 aromatic rings. The minimum atomic E-state index is -4.67. The summed E-state index contributed by atoms with van der Waals surface area (Å²) in [6, 6.07) is 4.57. The van der Waals surface area contributed by atoms with E-state index >= 15 is 0 Å². The van der Waals surface area contributed by atoms with Crippen LogP contribution < -0.4 is 15.4 Å². The highest BCUT2D eigenvalue weighted by atomic mass is 35.5. The van der Waals surface area contributed by atoms with E-state index in [-0.39, 0.29) is 35.3 Å². The Hall–Kier alpha value is -2.90. The fourth-order valence-electron chi connectivity index (χ4n) is 5.27. The molecule has 244 valence electrons. The highest BCUT2D eigenvalue weighted by molar-refractivity contribution is 7.92. The average molecular weight is 715 g/mol. The molecule has 2 amide bonds. The number of alkyl halides is 3. The zero-order chi connectivity index (χ0) is 32.2. The van der Waals surface area contributed by atoms with Gasteiger partial charge in [-0.2, -0.15) is 18.4 Å². The molecule has 2 aliphatic heterocycles. The van der Waals surface area contributed by atoms with Gasteiger partial charge in [-0.3, -0.25) is 19.9 Å². The summed E-state index contributed by atoms with van der Waals surface area (Å²) >= 11 is 12.1. The minimum absolute atomic E-state index is 0. The first kappa shape index (κ1) is 35.0. The first-order valence-electron chi connectivity index (χ1n) is 13.4. The lowest BCUT2D eigenvalue weighted by Crippen LogP contribution is -2.66. The Bertz CT molecular complexity index is 1660. The molecular weight excluding hydrogens is 689 g/mol. The number of pyridine rings is 1. The molecule has 3 heterocycles. The fourth-order valence-corrected chi connectivity index (χ4v) is 7.65. The fraction of sp³-hybridized carbons (Fsp3) is 0.481. The lowest BCUT2D eigenvalue weighted by molar-refractivity contribution is -0.189. The highest BCUT2D eigenvalue weighted by Gasteiger charge is 2.57. The molecule has 0 radical (unpaired) electrons. The monoisotopic (exact) mass is 713 g/mol. The Labute approximate surface area is 271 Å². The quantitative estimate of drug-likeness (QED) is 0.390. The molecule has 4 atom stereocenters. The first-order chi connectivity index (χ1) is 20.5. The Morgan fingerprint density at radius 1 is 1.24 bits per heavy atom. The van der Waals surface area contributed by atoms with Crippen LogP contribution in [0.5, 0.6) is 5.75 Å². The standard InChI is InChI=1S/C27H25Cl2F4N5O5S.ClH/c1-14(27(31,32)33)43-16-2-3-21(18(29)9-16)44(41,42)17-10-20(23(39)37-25(13-34)4-5-25)38(12-17)24(40)26(6-7-36-26)22-19(30)8-15(28)11-35-22;/h2-3,8-9,11,14,17,20,36H,4-7,10,12H2,1H3,(H,37,39);1H/t14-,17+,20-,26?;/m0./s1. The van der Waals surface area contributed by atoms with Crippen LogP contribution in [0.4, 0.5) is 17.6 Å². The van der Waals surface area contributed by atoms with Gasteiger partial charge in [0.1, 0.15) is 34.4 Å². The topological polar surface area (TPSA) is 141 Å². The molecule has 1 aromatic heterocycles. The van der Waals surface area contributed by atoms with Gasteiger partial charge in [0.25, 0.3) is 0 Å². The van der Waals surface area contributed by atoms with Crippen LogP contribution >= 0.6 is 35.6 Å². The molecule has 3 aliphatic rings. The number of carbonyl (C=O) groups is 2. The Balaban J connectivity index is 0.00000461. The summed E-state index contributed by atoms with van der Waals surface area (Å²) in [7, 11) is -4.40. The molecule has 1 saturated carbocycles. The van der Waals surface area contributed by atoms with Crippen LogP contribution in [0, 0.1) is 17.1 Å². The maximum absolute atomic E-state index is 15.0. The van der Waals surface area contributed by atoms with Crippen LogP contribution in [0.2, 0.25) is 10.0 Å². The number of likely N-dealkylation sites (tertiary alicyclic amines) is 1. The zero-order valence-electron chi connectivity index (χ0n) is 23.3. The highest BCUT2D eigenvalue weighted by Crippen LogP contribution is 2.41. The van der Waals surface area contributed by atoms with Gasteiger partial charge in [0.05, 0.1) is 26.3 Å². The number of hydrogen-bond donors (Lipinski definition) is 2. The third-order valence-corrected chi connectivity index (χ3v) is 10.9. The summed E-state index contributed by atoms with van der Waals surface area (Å²) in [4.78, 5) is 32.2. The van der Waals surface area contributed by atoms with Crippen molar-refractivity contribution in [3.63, 3.8) is 0 Å². The van der Waals surface area contributed by atoms with Crippen LogP contribution in [0.15, 0.2) is 35.4 Å². The van der Waals surface area contributed by atoms with Gasteiger partial charge in [-0.15, -0.1) is 12.4 Å². The molecule has 3 fully saturated rings. The second-order valence-electron chi connectivity index (χ2n) is 11.0. The van der Waals surface area contributed by atoms with E-state index in [9.17, 15) is 40.8 Å². The van der Waals surface area contributed by atoms with Crippen molar-refractivity contribution < 1.29 is 40.3 Å². The molecule has 10 nitrogen and oxygen atoms in total. The van der Waals surface area contributed by atoms with Gasteiger partial charge < -0.3 is 15.0 Å². The van der Waals surface area contributed by atoms with Crippen molar-refractivity contribution in [1.82, 2.24) is 20.5 Å². The van der Waals surface area contributed by atoms with Crippen LogP contribution in [-0.4, -0.2) is 72.3 Å². The second-order valence-corrected chi connectivity index (χ2v) is 14.1. The van der Waals surface area contributed by atoms with Crippen molar-refractivity contribution in [2.24, 2.45) is 0 Å². The maximum Gasteiger partial charge on any atom is 0.425 e. The van der Waals surface area contributed by atoms with Crippen LogP contribution in [0.25, 0.3) is 0 Å². The first-order valence-corrected chi connectivity index (χ1v) is 15.7. The van der Waals surface area contributed by atoms with Gasteiger partial charge in [-0.05, 0) is 57.4 Å². The molecule has 18 heteroatoms. The van der Waals surface area contributed by atoms with Gasteiger partial charge >= 0.3 is 6.18 Å². The van der Waals surface area contributed by atoms with Gasteiger partial charge in [-0.25, -0.2) is 12.8 Å². The van der Waals surface area contributed by atoms with Crippen molar-refractivity contribution in [2.75, 3.05) is 13.1 Å². The van der Waals surface area contributed by atoms with Crippen LogP contribution in [0.3, 0.4) is 0 Å². The number of rotatable bonds is 8. The number of nitrogens with one attached hydrogen (secondary N) is 2. The molecular formula is C27H26Cl3F4N5O5S. The number of nitrogens with zero attached hydrogens (tertiary/aromatic N) is 3. The number of hydrogen-bond acceptors (Lipinski definition) is 8. The van der Waals surface area contributed by atoms with E-state index in [0.717, 1.165) is 42.3 Å². The van der Waals surface area contributed by atoms with E-state index in [1.54, 1.807) is 0 Å². The van der Waals surface area contributed by atoms with E-state index in [4.69, 9.17) is 27.9 Å². The van der Waals surface area contributed by atoms with Crippen molar-refractivity contribution >= 4 is 57.3 Å². The molecule has 5 rings (SSSR count). The van der Waals surface area contributed by atoms with E-state index in [1.165, 1.54) is 0 Å². The number of halogens is 7. The average Bonchev–Trinajstić information content (AvgIpc) is 3.53. The molecule has 45 heavy (non-hydrogen) atoms. The van der Waals surface area contributed by atoms with Crippen molar-refractivity contribution in [2.45, 2.75) is 72.2 Å². The molecule has 1 unspecified atom stereocenters. The Morgan fingerprint density at radius 2 is 1.91 bits per heavy atom. The number of nitriles is 1. The SMILES string of the molecule is C[C@H](Oc1ccc(S(=O)(=O)[C@@H]2C[C@@H](C(=O)NC3(C#N)CC3)N(C(=O)C3(c4ncc(Cl)cc4F)CCN3)C2)c(Cl)c1)C(F)(F)F.Cl. The minimum Gasteiger partial charge on any atom is -0.481 e. The molecule has 2 saturated heterocycles. The zero-order valence-corrected chi connectivity index (χ0v) is 26.5. The normalized spacial score (nSPS) is 24.4. The summed E-state index contributed by atoms with van der Waals surface area (Å²) in [5.41, 5.74) is -3.11. The second kappa shape index (κ2) is 12.4. The summed E-state index contributed by atoms with van der Waals surface area (Å²) in [5.74, 6) is -2.75. The van der Waals surface area contributed by atoms with Gasteiger partial charge in [0.2, 0.25) is 11.8 Å². The van der Waals surface area contributed by atoms with Crippen LogP contribution in [-0.2, 0) is 25.0 Å². The molecule has 1 aromatic carbocycles. The van der Waals surface area contributed by atoms with E-state index < -0.39 is 85.0 Å². The van der Waals surface area contributed by atoms with E-state index in [2.05, 4.69) is 15.6 Å². The van der Waals surface area contributed by atoms with E-state index in [0.29, 0.717) is 19.4 Å². The lowest BCUT2D eigenvalue weighted by Gasteiger charge is -2.44.